The minimum atomic E-state index is -0.635. The molecular formula is C15H16N2O2S. The lowest BCUT2D eigenvalue weighted by Gasteiger charge is -2.31. The number of carbonyl (C=O) groups excluding carboxylic acids is 1. The number of amides is 1. The number of carbonyl (C=O) groups is 1. The fourth-order valence-corrected chi connectivity index (χ4v) is 3.76. The molecule has 1 aromatic carbocycles. The predicted molar refractivity (Wildman–Crippen MR) is 78.4 cm³/mol. The molecule has 0 aliphatic carbocycles. The van der Waals surface area contributed by atoms with Crippen LogP contribution in [0.15, 0.2) is 30.3 Å². The molecule has 0 saturated carbocycles. The Labute approximate surface area is 121 Å². The molecule has 4 nitrogen and oxygen atoms in total. The van der Waals surface area contributed by atoms with Crippen LogP contribution in [0.1, 0.15) is 23.9 Å². The van der Waals surface area contributed by atoms with Crippen LogP contribution in [0.4, 0.5) is 0 Å². The first-order valence-corrected chi connectivity index (χ1v) is 7.38. The van der Waals surface area contributed by atoms with E-state index < -0.39 is 5.60 Å². The van der Waals surface area contributed by atoms with Crippen molar-refractivity contribution in [1.82, 2.24) is 4.98 Å². The SMILES string of the molecule is CC1(CC(N)=O)OCCc2nc(-c3ccccc3)sc21. The van der Waals surface area contributed by atoms with E-state index in [-0.39, 0.29) is 12.3 Å². The lowest BCUT2D eigenvalue weighted by molar-refractivity contribution is -0.126. The molecule has 5 heteroatoms. The molecule has 104 valence electrons. The van der Waals surface area contributed by atoms with E-state index in [1.54, 1.807) is 11.3 Å². The number of nitrogens with zero attached hydrogens (tertiary/aromatic N) is 1. The molecule has 2 aromatic rings. The van der Waals surface area contributed by atoms with Crippen LogP contribution >= 0.6 is 11.3 Å². The van der Waals surface area contributed by atoms with Gasteiger partial charge in [0, 0.05) is 12.0 Å². The fraction of sp³-hybridized carbons (Fsp3) is 0.333. The predicted octanol–water partition coefficient (Wildman–Crippen LogP) is 2.47. The number of primary amides is 1. The van der Waals surface area contributed by atoms with Crippen LogP contribution in [-0.2, 0) is 21.6 Å². The molecule has 3 rings (SSSR count). The summed E-state index contributed by atoms with van der Waals surface area (Å²) < 4.78 is 5.82. The first kappa shape index (κ1) is 13.3. The Bertz CT molecular complexity index is 639. The van der Waals surface area contributed by atoms with Gasteiger partial charge in [-0.25, -0.2) is 4.98 Å². The molecule has 0 spiro atoms. The highest BCUT2D eigenvalue weighted by Crippen LogP contribution is 2.41. The van der Waals surface area contributed by atoms with Crippen molar-refractivity contribution in [2.75, 3.05) is 6.61 Å². The lowest BCUT2D eigenvalue weighted by Crippen LogP contribution is -2.35. The van der Waals surface area contributed by atoms with Gasteiger partial charge in [0.1, 0.15) is 10.6 Å². The second kappa shape index (κ2) is 5.00. The number of ether oxygens (including phenoxy) is 1. The first-order chi connectivity index (χ1) is 9.58. The van der Waals surface area contributed by atoms with Crippen LogP contribution in [0.2, 0.25) is 0 Å². The summed E-state index contributed by atoms with van der Waals surface area (Å²) in [5.41, 5.74) is 6.84. The average Bonchev–Trinajstić information content (AvgIpc) is 2.84. The number of nitrogens with two attached hydrogens (primary N) is 1. The molecule has 2 heterocycles. The summed E-state index contributed by atoms with van der Waals surface area (Å²) in [6.45, 7) is 2.50. The smallest absolute Gasteiger partial charge is 0.220 e. The quantitative estimate of drug-likeness (QED) is 0.943. The van der Waals surface area contributed by atoms with Gasteiger partial charge in [-0.1, -0.05) is 30.3 Å². The van der Waals surface area contributed by atoms with Crippen LogP contribution in [0.5, 0.6) is 0 Å². The number of aromatic nitrogens is 1. The van der Waals surface area contributed by atoms with Crippen LogP contribution in [0.3, 0.4) is 0 Å². The summed E-state index contributed by atoms with van der Waals surface area (Å²) in [5.74, 6) is -0.352. The highest BCUT2D eigenvalue weighted by Gasteiger charge is 2.38. The van der Waals surface area contributed by atoms with Crippen molar-refractivity contribution >= 4 is 17.2 Å². The summed E-state index contributed by atoms with van der Waals surface area (Å²) in [4.78, 5) is 17.0. The Morgan fingerprint density at radius 3 is 2.90 bits per heavy atom. The molecule has 2 N–H and O–H groups in total. The molecule has 1 unspecified atom stereocenters. The van der Waals surface area contributed by atoms with E-state index in [0.717, 1.165) is 27.6 Å². The van der Waals surface area contributed by atoms with Gasteiger partial charge in [-0.15, -0.1) is 11.3 Å². The van der Waals surface area contributed by atoms with Crippen molar-refractivity contribution in [2.24, 2.45) is 5.73 Å². The largest absolute Gasteiger partial charge is 0.370 e. The topological polar surface area (TPSA) is 65.2 Å². The second-order valence-electron chi connectivity index (χ2n) is 5.13. The maximum absolute atomic E-state index is 11.3. The minimum absolute atomic E-state index is 0.191. The molecule has 0 bridgehead atoms. The lowest BCUT2D eigenvalue weighted by atomic mass is 9.95. The van der Waals surface area contributed by atoms with E-state index in [1.165, 1.54) is 0 Å². The summed E-state index contributed by atoms with van der Waals surface area (Å²) in [6.07, 6.45) is 0.976. The molecule has 1 atom stereocenters. The van der Waals surface area contributed by atoms with Gasteiger partial charge < -0.3 is 10.5 Å². The van der Waals surface area contributed by atoms with Crippen LogP contribution in [0, 0.1) is 0 Å². The number of hydrogen-bond donors (Lipinski definition) is 1. The average molecular weight is 288 g/mol. The zero-order valence-electron chi connectivity index (χ0n) is 11.3. The maximum atomic E-state index is 11.3. The van der Waals surface area contributed by atoms with E-state index in [2.05, 4.69) is 0 Å². The Kier molecular flexibility index (Phi) is 3.31. The summed E-state index contributed by atoms with van der Waals surface area (Å²) in [6, 6.07) is 10.0. The van der Waals surface area contributed by atoms with Crippen molar-refractivity contribution in [2.45, 2.75) is 25.4 Å². The van der Waals surface area contributed by atoms with Crippen molar-refractivity contribution in [1.29, 1.82) is 0 Å². The van der Waals surface area contributed by atoms with Crippen LogP contribution < -0.4 is 5.73 Å². The Morgan fingerprint density at radius 1 is 1.45 bits per heavy atom. The fourth-order valence-electron chi connectivity index (χ4n) is 2.54. The zero-order chi connectivity index (χ0) is 14.2. The number of hydrogen-bond acceptors (Lipinski definition) is 4. The monoisotopic (exact) mass is 288 g/mol. The van der Waals surface area contributed by atoms with Crippen LogP contribution in [-0.4, -0.2) is 17.5 Å². The van der Waals surface area contributed by atoms with Gasteiger partial charge in [0.25, 0.3) is 0 Å². The highest BCUT2D eigenvalue weighted by molar-refractivity contribution is 7.15. The highest BCUT2D eigenvalue weighted by atomic mass is 32.1. The Morgan fingerprint density at radius 2 is 2.20 bits per heavy atom. The normalized spacial score (nSPS) is 21.4. The molecule has 0 saturated heterocycles. The number of thiazole rings is 1. The summed E-state index contributed by atoms with van der Waals surface area (Å²) in [5, 5.41) is 0.969. The third-order valence-corrected chi connectivity index (χ3v) is 4.86. The van der Waals surface area contributed by atoms with E-state index in [4.69, 9.17) is 15.5 Å². The minimum Gasteiger partial charge on any atom is -0.370 e. The van der Waals surface area contributed by atoms with E-state index in [0.29, 0.717) is 6.61 Å². The number of rotatable bonds is 3. The molecule has 0 fully saturated rings. The van der Waals surface area contributed by atoms with Crippen molar-refractivity contribution in [3.05, 3.63) is 40.9 Å². The van der Waals surface area contributed by atoms with Gasteiger partial charge in [-0.05, 0) is 6.92 Å². The Balaban J connectivity index is 2.03. The van der Waals surface area contributed by atoms with E-state index in [9.17, 15) is 4.79 Å². The molecule has 1 amide bonds. The van der Waals surface area contributed by atoms with Crippen molar-refractivity contribution in [3.63, 3.8) is 0 Å². The third kappa shape index (κ3) is 2.34. The molecular weight excluding hydrogens is 272 g/mol. The maximum Gasteiger partial charge on any atom is 0.220 e. The van der Waals surface area contributed by atoms with Gasteiger partial charge in [-0.2, -0.15) is 0 Å². The third-order valence-electron chi connectivity index (χ3n) is 3.47. The number of fused-ring (bicyclic) bond motifs is 1. The summed E-state index contributed by atoms with van der Waals surface area (Å²) >= 11 is 1.59. The van der Waals surface area contributed by atoms with E-state index in [1.807, 2.05) is 37.3 Å². The Hall–Kier alpha value is -1.72. The number of benzene rings is 1. The summed E-state index contributed by atoms with van der Waals surface area (Å²) in [7, 11) is 0. The molecule has 1 aromatic heterocycles. The van der Waals surface area contributed by atoms with Crippen molar-refractivity contribution < 1.29 is 9.53 Å². The zero-order valence-corrected chi connectivity index (χ0v) is 12.1. The second-order valence-corrected chi connectivity index (χ2v) is 6.13. The van der Waals surface area contributed by atoms with Gasteiger partial charge in [0.15, 0.2) is 0 Å². The van der Waals surface area contributed by atoms with Crippen molar-refractivity contribution in [3.8, 4) is 10.6 Å². The van der Waals surface area contributed by atoms with Gasteiger partial charge in [0.2, 0.25) is 5.91 Å². The van der Waals surface area contributed by atoms with Gasteiger partial charge in [0.05, 0.1) is 23.6 Å². The standard InChI is InChI=1S/C15H16N2O2S/c1-15(9-12(16)18)13-11(7-8-19-15)17-14(20-13)10-5-3-2-4-6-10/h2-6H,7-9H2,1H3,(H2,16,18). The van der Waals surface area contributed by atoms with E-state index >= 15 is 0 Å². The molecule has 1 aliphatic rings. The molecule has 1 aliphatic heterocycles. The van der Waals surface area contributed by atoms with Gasteiger partial charge >= 0.3 is 0 Å². The van der Waals surface area contributed by atoms with Crippen LogP contribution in [0.25, 0.3) is 10.6 Å². The van der Waals surface area contributed by atoms with Gasteiger partial charge in [-0.3, -0.25) is 4.79 Å². The molecule has 0 radical (unpaired) electrons. The molecule has 20 heavy (non-hydrogen) atoms. The first-order valence-electron chi connectivity index (χ1n) is 6.56.